The number of rotatable bonds is 5. The fraction of sp³-hybridized carbons (Fsp3) is 0.0400. The normalized spacial score (nSPS) is 10.1. The van der Waals surface area contributed by atoms with Crippen LogP contribution in [-0.4, -0.2) is 9.97 Å². The summed E-state index contributed by atoms with van der Waals surface area (Å²) in [5, 5.41) is 20.9. The zero-order valence-corrected chi connectivity index (χ0v) is 17.2. The fourth-order valence-corrected chi connectivity index (χ4v) is 3.18. The Morgan fingerprint density at radius 2 is 1.50 bits per heavy atom. The number of hydrogen-bond acceptors (Lipinski definition) is 7. The van der Waals surface area contributed by atoms with Crippen LogP contribution in [0.25, 0.3) is 11.1 Å². The first-order chi connectivity index (χ1) is 15.5. The zero-order chi connectivity index (χ0) is 22.5. The number of nitrogen functional groups attached to an aromatic ring is 1. The molecule has 4 rings (SSSR count). The standard InChI is InChI=1S/C25H18N6O/c1-16-12-21(10-11-22(16)19-6-2-17(14-26)3-7-19)32-24-13-23(28)30-25(31-24)29-20-8-4-18(15-27)5-9-20/h2-13H,1H3,(H3,28,29,30,31). The van der Waals surface area contributed by atoms with Gasteiger partial charge in [-0.05, 0) is 72.1 Å². The first kappa shape index (κ1) is 20.4. The van der Waals surface area contributed by atoms with Gasteiger partial charge in [0.2, 0.25) is 11.8 Å². The number of ether oxygens (including phenoxy) is 1. The summed E-state index contributed by atoms with van der Waals surface area (Å²) in [7, 11) is 0. The smallest absolute Gasteiger partial charge is 0.232 e. The summed E-state index contributed by atoms with van der Waals surface area (Å²) >= 11 is 0. The van der Waals surface area contributed by atoms with Crippen molar-refractivity contribution in [3.05, 3.63) is 89.5 Å². The summed E-state index contributed by atoms with van der Waals surface area (Å²) < 4.78 is 5.93. The predicted molar refractivity (Wildman–Crippen MR) is 122 cm³/mol. The van der Waals surface area contributed by atoms with Crippen molar-refractivity contribution in [3.63, 3.8) is 0 Å². The Hall–Kier alpha value is -4.88. The van der Waals surface area contributed by atoms with E-state index >= 15 is 0 Å². The number of hydrogen-bond donors (Lipinski definition) is 2. The van der Waals surface area contributed by atoms with Crippen LogP contribution in [0.5, 0.6) is 11.6 Å². The van der Waals surface area contributed by atoms with Crippen molar-refractivity contribution in [2.45, 2.75) is 6.92 Å². The molecule has 7 heteroatoms. The quantitative estimate of drug-likeness (QED) is 0.450. The fourth-order valence-electron chi connectivity index (χ4n) is 3.18. The van der Waals surface area contributed by atoms with Gasteiger partial charge < -0.3 is 15.8 Å². The Morgan fingerprint density at radius 1 is 0.844 bits per heavy atom. The molecule has 0 atom stereocenters. The average molecular weight is 418 g/mol. The monoisotopic (exact) mass is 418 g/mol. The molecule has 0 spiro atoms. The maximum atomic E-state index is 8.97. The van der Waals surface area contributed by atoms with Crippen molar-refractivity contribution in [3.8, 4) is 34.9 Å². The second-order valence-corrected chi connectivity index (χ2v) is 7.04. The third-order valence-corrected chi connectivity index (χ3v) is 4.74. The number of aryl methyl sites for hydroxylation is 1. The highest BCUT2D eigenvalue weighted by Gasteiger charge is 2.09. The third kappa shape index (κ3) is 4.64. The summed E-state index contributed by atoms with van der Waals surface area (Å²) in [6.45, 7) is 1.99. The average Bonchev–Trinajstić information content (AvgIpc) is 2.79. The van der Waals surface area contributed by atoms with Crippen molar-refractivity contribution in [1.82, 2.24) is 9.97 Å². The molecule has 0 amide bonds. The summed E-state index contributed by atoms with van der Waals surface area (Å²) in [6.07, 6.45) is 0. The number of nitriles is 2. The molecule has 1 heterocycles. The summed E-state index contributed by atoms with van der Waals surface area (Å²) in [6, 6.07) is 25.8. The molecule has 0 radical (unpaired) electrons. The topological polar surface area (TPSA) is 121 Å². The molecule has 1 aromatic heterocycles. The molecule has 0 aliphatic heterocycles. The van der Waals surface area contributed by atoms with Gasteiger partial charge in [0.1, 0.15) is 11.6 Å². The molecule has 0 saturated carbocycles. The first-order valence-corrected chi connectivity index (χ1v) is 9.75. The minimum absolute atomic E-state index is 0.261. The highest BCUT2D eigenvalue weighted by atomic mass is 16.5. The molecule has 3 N–H and O–H groups in total. The molecular weight excluding hydrogens is 400 g/mol. The molecule has 32 heavy (non-hydrogen) atoms. The van der Waals surface area contributed by atoms with Gasteiger partial charge in [-0.3, -0.25) is 0 Å². The van der Waals surface area contributed by atoms with E-state index in [-0.39, 0.29) is 11.8 Å². The summed E-state index contributed by atoms with van der Waals surface area (Å²) in [5.41, 5.74) is 10.9. The molecule has 154 valence electrons. The lowest BCUT2D eigenvalue weighted by Crippen LogP contribution is -2.02. The SMILES string of the molecule is Cc1cc(Oc2cc(N)nc(Nc3ccc(C#N)cc3)n2)ccc1-c1ccc(C#N)cc1. The molecule has 0 bridgehead atoms. The lowest BCUT2D eigenvalue weighted by Gasteiger charge is -2.11. The van der Waals surface area contributed by atoms with Crippen molar-refractivity contribution < 1.29 is 4.74 Å². The highest BCUT2D eigenvalue weighted by molar-refractivity contribution is 5.69. The molecule has 0 fully saturated rings. The Kier molecular flexibility index (Phi) is 5.65. The second kappa shape index (κ2) is 8.86. The second-order valence-electron chi connectivity index (χ2n) is 7.04. The van der Waals surface area contributed by atoms with Crippen LogP contribution < -0.4 is 15.8 Å². The van der Waals surface area contributed by atoms with Crippen molar-refractivity contribution in [2.24, 2.45) is 0 Å². The minimum Gasteiger partial charge on any atom is -0.439 e. The van der Waals surface area contributed by atoms with E-state index in [0.717, 1.165) is 22.4 Å². The van der Waals surface area contributed by atoms with Gasteiger partial charge in [0, 0.05) is 11.8 Å². The Labute approximate surface area is 185 Å². The largest absolute Gasteiger partial charge is 0.439 e. The third-order valence-electron chi connectivity index (χ3n) is 4.74. The van der Waals surface area contributed by atoms with Gasteiger partial charge in [0.05, 0.1) is 23.3 Å². The van der Waals surface area contributed by atoms with Crippen LogP contribution in [0.15, 0.2) is 72.8 Å². The van der Waals surface area contributed by atoms with Crippen molar-refractivity contribution >= 4 is 17.5 Å². The number of aromatic nitrogens is 2. The lowest BCUT2D eigenvalue weighted by atomic mass is 9.99. The number of nitrogens with two attached hydrogens (primary N) is 1. The van der Waals surface area contributed by atoms with Crippen LogP contribution >= 0.6 is 0 Å². The number of nitrogens with zero attached hydrogens (tertiary/aromatic N) is 4. The number of anilines is 3. The predicted octanol–water partition coefficient (Wildman–Crippen LogP) is 5.31. The van der Waals surface area contributed by atoms with E-state index in [9.17, 15) is 0 Å². The molecule has 0 aliphatic carbocycles. The van der Waals surface area contributed by atoms with E-state index in [2.05, 4.69) is 27.4 Å². The summed E-state index contributed by atoms with van der Waals surface area (Å²) in [4.78, 5) is 8.56. The van der Waals surface area contributed by atoms with Gasteiger partial charge in [-0.15, -0.1) is 0 Å². The zero-order valence-electron chi connectivity index (χ0n) is 17.2. The molecule has 0 unspecified atom stereocenters. The minimum atomic E-state index is 0.261. The lowest BCUT2D eigenvalue weighted by molar-refractivity contribution is 0.462. The molecule has 4 aromatic rings. The maximum Gasteiger partial charge on any atom is 0.232 e. The van der Waals surface area contributed by atoms with Crippen LogP contribution in [0.2, 0.25) is 0 Å². The van der Waals surface area contributed by atoms with Gasteiger partial charge in [-0.2, -0.15) is 20.5 Å². The Morgan fingerprint density at radius 3 is 2.12 bits per heavy atom. The number of benzene rings is 3. The van der Waals surface area contributed by atoms with Gasteiger partial charge in [-0.25, -0.2) is 0 Å². The highest BCUT2D eigenvalue weighted by Crippen LogP contribution is 2.30. The van der Waals surface area contributed by atoms with Crippen LogP contribution in [0, 0.1) is 29.6 Å². The van der Waals surface area contributed by atoms with E-state index in [1.54, 1.807) is 42.5 Å². The van der Waals surface area contributed by atoms with Gasteiger partial charge in [0.15, 0.2) is 0 Å². The van der Waals surface area contributed by atoms with Crippen LogP contribution in [0.1, 0.15) is 16.7 Å². The Balaban J connectivity index is 1.54. The van der Waals surface area contributed by atoms with Crippen molar-refractivity contribution in [2.75, 3.05) is 11.1 Å². The molecule has 0 saturated heterocycles. The van der Waals surface area contributed by atoms with Gasteiger partial charge in [0.25, 0.3) is 0 Å². The molecule has 7 nitrogen and oxygen atoms in total. The summed E-state index contributed by atoms with van der Waals surface area (Å²) in [5.74, 6) is 1.47. The van der Waals surface area contributed by atoms with Crippen LogP contribution in [0.4, 0.5) is 17.5 Å². The van der Waals surface area contributed by atoms with E-state index in [1.165, 1.54) is 0 Å². The Bertz CT molecular complexity index is 1350. The van der Waals surface area contributed by atoms with Crippen molar-refractivity contribution in [1.29, 1.82) is 10.5 Å². The molecule has 0 aliphatic rings. The van der Waals surface area contributed by atoms with E-state index in [0.29, 0.717) is 22.8 Å². The van der Waals surface area contributed by atoms with Gasteiger partial charge >= 0.3 is 0 Å². The molecular formula is C25H18N6O. The van der Waals surface area contributed by atoms with E-state index in [1.807, 2.05) is 37.3 Å². The molecule has 3 aromatic carbocycles. The maximum absolute atomic E-state index is 8.97. The van der Waals surface area contributed by atoms with E-state index < -0.39 is 0 Å². The van der Waals surface area contributed by atoms with Gasteiger partial charge in [-0.1, -0.05) is 18.2 Å². The van der Waals surface area contributed by atoms with Crippen LogP contribution in [0.3, 0.4) is 0 Å². The van der Waals surface area contributed by atoms with Crippen LogP contribution in [-0.2, 0) is 0 Å². The first-order valence-electron chi connectivity index (χ1n) is 9.75. The number of nitrogens with one attached hydrogen (secondary N) is 1. The van der Waals surface area contributed by atoms with E-state index in [4.69, 9.17) is 21.0 Å².